The van der Waals surface area contributed by atoms with Crippen molar-refractivity contribution < 1.29 is 23.9 Å². The zero-order valence-electron chi connectivity index (χ0n) is 17.2. The van der Waals surface area contributed by atoms with Crippen LogP contribution in [-0.4, -0.2) is 39.8 Å². The van der Waals surface area contributed by atoms with E-state index >= 15 is 0 Å². The van der Waals surface area contributed by atoms with Crippen LogP contribution in [0.4, 0.5) is 5.69 Å². The fourth-order valence-corrected chi connectivity index (χ4v) is 3.65. The van der Waals surface area contributed by atoms with Crippen LogP contribution in [0.3, 0.4) is 0 Å². The lowest BCUT2D eigenvalue weighted by Gasteiger charge is -2.19. The van der Waals surface area contributed by atoms with E-state index in [2.05, 4.69) is 10.4 Å². The van der Waals surface area contributed by atoms with Crippen molar-refractivity contribution in [3.63, 3.8) is 0 Å². The maximum Gasteiger partial charge on any atom is 0.339 e. The molecule has 1 aromatic heterocycles. The number of ether oxygens (including phenoxy) is 1. The van der Waals surface area contributed by atoms with E-state index in [1.807, 2.05) is 0 Å². The largest absolute Gasteiger partial charge is 0.452 e. The smallest absolute Gasteiger partial charge is 0.339 e. The zero-order valence-corrected chi connectivity index (χ0v) is 17.2. The number of fused-ring (bicyclic) bond motifs is 2. The van der Waals surface area contributed by atoms with Gasteiger partial charge in [0.15, 0.2) is 18.2 Å². The second-order valence-electron chi connectivity index (χ2n) is 7.23. The Balaban J connectivity index is 1.55. The normalized spacial score (nSPS) is 12.2. The number of amides is 1. The minimum absolute atomic E-state index is 0.00411. The average Bonchev–Trinajstić information content (AvgIpc) is 3.01. The van der Waals surface area contributed by atoms with E-state index in [0.29, 0.717) is 16.9 Å². The fraction of sp³-hybridized carbons (Fsp3) is 0.174. The van der Waals surface area contributed by atoms with Gasteiger partial charge in [-0.1, -0.05) is 36.4 Å². The monoisotopic (exact) mass is 417 g/mol. The van der Waals surface area contributed by atoms with Gasteiger partial charge < -0.3 is 10.1 Å². The highest BCUT2D eigenvalue weighted by atomic mass is 16.5. The molecule has 0 saturated carbocycles. The Kier molecular flexibility index (Phi) is 4.98. The number of hydrogen-bond acceptors (Lipinski definition) is 6. The average molecular weight is 417 g/mol. The molecule has 156 valence electrons. The van der Waals surface area contributed by atoms with E-state index in [-0.39, 0.29) is 28.0 Å². The molecule has 2 aromatic carbocycles. The molecule has 0 unspecified atom stereocenters. The second-order valence-corrected chi connectivity index (χ2v) is 7.23. The molecule has 1 heterocycles. The van der Waals surface area contributed by atoms with E-state index < -0.39 is 24.3 Å². The van der Waals surface area contributed by atoms with Crippen molar-refractivity contribution in [2.24, 2.45) is 7.05 Å². The van der Waals surface area contributed by atoms with Crippen molar-refractivity contribution in [3.05, 3.63) is 81.7 Å². The van der Waals surface area contributed by atoms with Gasteiger partial charge in [-0.2, -0.15) is 5.10 Å². The summed E-state index contributed by atoms with van der Waals surface area (Å²) < 4.78 is 6.78. The lowest BCUT2D eigenvalue weighted by molar-refractivity contribution is -0.119. The minimum Gasteiger partial charge on any atom is -0.452 e. The van der Waals surface area contributed by atoms with Gasteiger partial charge in [0.25, 0.3) is 5.91 Å². The van der Waals surface area contributed by atoms with Gasteiger partial charge >= 0.3 is 5.97 Å². The summed E-state index contributed by atoms with van der Waals surface area (Å²) in [5, 5.41) is 6.89. The summed E-state index contributed by atoms with van der Waals surface area (Å²) >= 11 is 0. The SMILES string of the molecule is Cc1nn(C)c(C)c1NC(=O)COC(=O)c1cccc2c1C(=O)c1ccccc1C2=O. The molecule has 1 aliphatic carbocycles. The number of carbonyl (C=O) groups excluding carboxylic acids is 4. The van der Waals surface area contributed by atoms with Crippen LogP contribution < -0.4 is 5.32 Å². The number of carbonyl (C=O) groups is 4. The van der Waals surface area contributed by atoms with Gasteiger partial charge in [-0.25, -0.2) is 4.79 Å². The van der Waals surface area contributed by atoms with Crippen LogP contribution in [0.1, 0.15) is 53.6 Å². The van der Waals surface area contributed by atoms with E-state index in [1.54, 1.807) is 49.8 Å². The quantitative estimate of drug-likeness (QED) is 0.512. The summed E-state index contributed by atoms with van der Waals surface area (Å²) in [6, 6.07) is 10.9. The first-order chi connectivity index (χ1) is 14.8. The lowest BCUT2D eigenvalue weighted by atomic mass is 9.82. The number of aryl methyl sites for hydroxylation is 2. The van der Waals surface area contributed by atoms with Gasteiger partial charge in [0.2, 0.25) is 0 Å². The lowest BCUT2D eigenvalue weighted by Crippen LogP contribution is -2.26. The maximum absolute atomic E-state index is 13.0. The van der Waals surface area contributed by atoms with E-state index in [1.165, 1.54) is 18.2 Å². The van der Waals surface area contributed by atoms with E-state index in [4.69, 9.17) is 4.74 Å². The first-order valence-electron chi connectivity index (χ1n) is 9.58. The Hall–Kier alpha value is -4.07. The van der Waals surface area contributed by atoms with Crippen LogP contribution in [0.5, 0.6) is 0 Å². The Morgan fingerprint density at radius 3 is 2.26 bits per heavy atom. The first kappa shape index (κ1) is 20.2. The molecule has 0 atom stereocenters. The number of aromatic nitrogens is 2. The molecule has 0 bridgehead atoms. The zero-order chi connectivity index (χ0) is 22.3. The maximum atomic E-state index is 13.0. The Morgan fingerprint density at radius 2 is 1.61 bits per heavy atom. The molecule has 0 spiro atoms. The molecular formula is C23H19N3O5. The number of ketones is 2. The van der Waals surface area contributed by atoms with Gasteiger partial charge in [-0.05, 0) is 19.9 Å². The third-order valence-electron chi connectivity index (χ3n) is 5.28. The number of nitrogens with zero attached hydrogens (tertiary/aromatic N) is 2. The molecule has 4 rings (SSSR count). The van der Waals surface area contributed by atoms with Crippen molar-refractivity contribution in [1.29, 1.82) is 0 Å². The van der Waals surface area contributed by atoms with Gasteiger partial charge in [0, 0.05) is 29.3 Å². The molecule has 0 aliphatic heterocycles. The third-order valence-corrected chi connectivity index (χ3v) is 5.28. The summed E-state index contributed by atoms with van der Waals surface area (Å²) in [7, 11) is 1.76. The third kappa shape index (κ3) is 3.42. The number of nitrogens with one attached hydrogen (secondary N) is 1. The van der Waals surface area contributed by atoms with Crippen molar-refractivity contribution >= 4 is 29.1 Å². The molecule has 8 nitrogen and oxygen atoms in total. The summed E-state index contributed by atoms with van der Waals surface area (Å²) in [6.45, 7) is 3.01. The summed E-state index contributed by atoms with van der Waals surface area (Å²) in [5.74, 6) is -2.15. The van der Waals surface area contributed by atoms with Crippen LogP contribution >= 0.6 is 0 Å². The van der Waals surface area contributed by atoms with E-state index in [9.17, 15) is 19.2 Å². The summed E-state index contributed by atoms with van der Waals surface area (Å²) in [5.41, 5.74) is 2.58. The molecule has 1 amide bonds. The number of esters is 1. The predicted molar refractivity (Wildman–Crippen MR) is 111 cm³/mol. The van der Waals surface area contributed by atoms with Crippen molar-refractivity contribution in [2.75, 3.05) is 11.9 Å². The molecule has 0 radical (unpaired) electrons. The fourth-order valence-electron chi connectivity index (χ4n) is 3.65. The van der Waals surface area contributed by atoms with Crippen LogP contribution in [0.25, 0.3) is 0 Å². The highest BCUT2D eigenvalue weighted by molar-refractivity contribution is 6.30. The molecule has 0 fully saturated rings. The summed E-state index contributed by atoms with van der Waals surface area (Å²) in [4.78, 5) is 50.8. The first-order valence-corrected chi connectivity index (χ1v) is 9.58. The van der Waals surface area contributed by atoms with Gasteiger partial charge in [-0.15, -0.1) is 0 Å². The van der Waals surface area contributed by atoms with Crippen LogP contribution in [-0.2, 0) is 16.6 Å². The summed E-state index contributed by atoms with van der Waals surface area (Å²) in [6.07, 6.45) is 0. The number of rotatable bonds is 4. The number of hydrogen-bond donors (Lipinski definition) is 1. The standard InChI is InChI=1S/C23H19N3O5/c1-12-20(13(2)26(3)25-12)24-18(27)11-31-23(30)17-10-6-9-16-19(17)22(29)15-8-5-4-7-14(15)21(16)28/h4-10H,11H2,1-3H3,(H,24,27). The van der Waals surface area contributed by atoms with Crippen molar-refractivity contribution in [2.45, 2.75) is 13.8 Å². The molecule has 3 aromatic rings. The molecule has 8 heteroatoms. The topological polar surface area (TPSA) is 107 Å². The molecule has 1 aliphatic rings. The highest BCUT2D eigenvalue weighted by Gasteiger charge is 2.33. The van der Waals surface area contributed by atoms with Crippen LogP contribution in [0.2, 0.25) is 0 Å². The van der Waals surface area contributed by atoms with E-state index in [0.717, 1.165) is 5.69 Å². The van der Waals surface area contributed by atoms with Crippen LogP contribution in [0, 0.1) is 13.8 Å². The Morgan fingerprint density at radius 1 is 0.968 bits per heavy atom. The number of anilines is 1. The van der Waals surface area contributed by atoms with Crippen molar-refractivity contribution in [1.82, 2.24) is 9.78 Å². The molecule has 0 saturated heterocycles. The van der Waals surface area contributed by atoms with Gasteiger partial charge in [-0.3, -0.25) is 19.1 Å². The Bertz CT molecular complexity index is 1270. The van der Waals surface area contributed by atoms with Crippen LogP contribution in [0.15, 0.2) is 42.5 Å². The number of benzene rings is 2. The second kappa shape index (κ2) is 7.64. The Labute approximate surface area is 177 Å². The predicted octanol–water partition coefficient (Wildman–Crippen LogP) is 2.61. The molecule has 31 heavy (non-hydrogen) atoms. The molecule has 1 N–H and O–H groups in total. The van der Waals surface area contributed by atoms with Gasteiger partial charge in [0.05, 0.1) is 22.6 Å². The van der Waals surface area contributed by atoms with Crippen molar-refractivity contribution in [3.8, 4) is 0 Å². The minimum atomic E-state index is -0.854. The highest BCUT2D eigenvalue weighted by Crippen LogP contribution is 2.29. The van der Waals surface area contributed by atoms with Gasteiger partial charge in [0.1, 0.15) is 0 Å². The molecular weight excluding hydrogens is 398 g/mol.